The maximum absolute atomic E-state index is 10.1. The Morgan fingerprint density at radius 3 is 2.56 bits per heavy atom. The van der Waals surface area contributed by atoms with E-state index in [-0.39, 0.29) is 5.76 Å². The average molecular weight is 124 g/mol. The molecular formula is C5H5BO3. The van der Waals surface area contributed by atoms with E-state index in [2.05, 4.69) is 0 Å². The van der Waals surface area contributed by atoms with Gasteiger partial charge in [0.2, 0.25) is 5.76 Å². The Kier molecular flexibility index (Phi) is 1.30. The van der Waals surface area contributed by atoms with Gasteiger partial charge >= 0.3 is 5.97 Å². The van der Waals surface area contributed by atoms with Gasteiger partial charge in [-0.15, -0.1) is 0 Å². The number of carbonyl (C=O) groups is 1. The lowest BCUT2D eigenvalue weighted by molar-refractivity contribution is 0.0664. The Morgan fingerprint density at radius 2 is 2.33 bits per heavy atom. The predicted molar refractivity (Wildman–Crippen MR) is 33.8 cm³/mol. The lowest BCUT2D eigenvalue weighted by atomic mass is 10.1. The Labute approximate surface area is 52.7 Å². The van der Waals surface area contributed by atoms with Crippen molar-refractivity contribution in [3.63, 3.8) is 0 Å². The lowest BCUT2D eigenvalue weighted by Gasteiger charge is -1.82. The van der Waals surface area contributed by atoms with Crippen molar-refractivity contribution in [2.24, 2.45) is 0 Å². The number of rotatable bonds is 1. The summed E-state index contributed by atoms with van der Waals surface area (Å²) in [5.41, 5.74) is 0.618. The van der Waals surface area contributed by atoms with Crippen molar-refractivity contribution in [3.8, 4) is 0 Å². The molecule has 0 aliphatic carbocycles. The van der Waals surface area contributed by atoms with Crippen LogP contribution in [0.3, 0.4) is 0 Å². The summed E-state index contributed by atoms with van der Waals surface area (Å²) in [7, 11) is 1.70. The summed E-state index contributed by atoms with van der Waals surface area (Å²) >= 11 is 0. The fraction of sp³-hybridized carbons (Fsp3) is 0. The molecule has 0 bridgehead atoms. The Hall–Kier alpha value is -1.19. The molecule has 9 heavy (non-hydrogen) atoms. The van der Waals surface area contributed by atoms with E-state index in [4.69, 9.17) is 9.52 Å². The van der Waals surface area contributed by atoms with E-state index in [1.54, 1.807) is 13.9 Å². The summed E-state index contributed by atoms with van der Waals surface area (Å²) in [6.07, 6.45) is 0. The molecule has 0 fully saturated rings. The quantitative estimate of drug-likeness (QED) is 0.500. The Balaban J connectivity index is 2.98. The van der Waals surface area contributed by atoms with Crippen LogP contribution >= 0.6 is 0 Å². The molecule has 1 rings (SSSR count). The Morgan fingerprint density at radius 1 is 1.67 bits per heavy atom. The molecule has 0 aliphatic heterocycles. The van der Waals surface area contributed by atoms with Gasteiger partial charge in [-0.25, -0.2) is 4.79 Å². The molecule has 3 nitrogen and oxygen atoms in total. The molecule has 0 aromatic carbocycles. The third-order valence-corrected chi connectivity index (χ3v) is 0.951. The number of carboxylic acids is 1. The second-order valence-corrected chi connectivity index (χ2v) is 1.72. The number of furan rings is 1. The largest absolute Gasteiger partial charge is 0.475 e. The van der Waals surface area contributed by atoms with Crippen LogP contribution in [0.5, 0.6) is 0 Å². The normalized spacial score (nSPS) is 9.33. The van der Waals surface area contributed by atoms with Crippen molar-refractivity contribution in [1.82, 2.24) is 0 Å². The zero-order chi connectivity index (χ0) is 6.85. The zero-order valence-corrected chi connectivity index (χ0v) is 4.92. The molecule has 0 unspecified atom stereocenters. The summed E-state index contributed by atoms with van der Waals surface area (Å²) in [5, 5.41) is 8.30. The van der Waals surface area contributed by atoms with E-state index in [1.807, 2.05) is 0 Å². The number of hydrogen-bond acceptors (Lipinski definition) is 2. The molecule has 0 atom stereocenters. The van der Waals surface area contributed by atoms with Crippen LogP contribution in [0, 0.1) is 0 Å². The van der Waals surface area contributed by atoms with Gasteiger partial charge in [0.05, 0.1) is 5.66 Å². The van der Waals surface area contributed by atoms with Crippen LogP contribution in [0.4, 0.5) is 0 Å². The van der Waals surface area contributed by atoms with E-state index in [1.165, 1.54) is 6.07 Å². The summed E-state index contributed by atoms with van der Waals surface area (Å²) in [6.45, 7) is 0. The van der Waals surface area contributed by atoms with Crippen LogP contribution in [-0.2, 0) is 0 Å². The van der Waals surface area contributed by atoms with Gasteiger partial charge in [0.1, 0.15) is 0 Å². The standard InChI is InChI=1S/C5H5BO3/c6-4-2-1-3(9-4)5(7)8/h1-2H,6H2,(H,7,8). The van der Waals surface area contributed by atoms with Crippen molar-refractivity contribution in [2.75, 3.05) is 0 Å². The van der Waals surface area contributed by atoms with E-state index < -0.39 is 5.97 Å². The number of aromatic carboxylic acids is 1. The topological polar surface area (TPSA) is 50.4 Å². The van der Waals surface area contributed by atoms with Crippen molar-refractivity contribution >= 4 is 19.5 Å². The maximum Gasteiger partial charge on any atom is 0.371 e. The smallest absolute Gasteiger partial charge is 0.371 e. The highest BCUT2D eigenvalue weighted by Crippen LogP contribution is 1.94. The second kappa shape index (κ2) is 1.97. The van der Waals surface area contributed by atoms with E-state index in [0.29, 0.717) is 5.66 Å². The third-order valence-electron chi connectivity index (χ3n) is 0.951. The molecular weight excluding hydrogens is 119 g/mol. The fourth-order valence-corrected chi connectivity index (χ4v) is 0.549. The molecule has 0 saturated heterocycles. The summed E-state index contributed by atoms with van der Waals surface area (Å²) in [6, 6.07) is 3.04. The minimum atomic E-state index is -1.02. The molecule has 0 aliphatic rings. The molecule has 1 heterocycles. The predicted octanol–water partition coefficient (Wildman–Crippen LogP) is -0.764. The summed E-state index contributed by atoms with van der Waals surface area (Å²) in [4.78, 5) is 10.1. The van der Waals surface area contributed by atoms with Crippen LogP contribution in [0.25, 0.3) is 0 Å². The third kappa shape index (κ3) is 1.13. The minimum absolute atomic E-state index is 0.00694. The van der Waals surface area contributed by atoms with E-state index >= 15 is 0 Å². The molecule has 0 saturated carbocycles. The van der Waals surface area contributed by atoms with Crippen molar-refractivity contribution in [1.29, 1.82) is 0 Å². The van der Waals surface area contributed by atoms with Gasteiger partial charge in [0.25, 0.3) is 0 Å². The van der Waals surface area contributed by atoms with Crippen molar-refractivity contribution < 1.29 is 14.3 Å². The van der Waals surface area contributed by atoms with Gasteiger partial charge < -0.3 is 9.52 Å². The number of carboxylic acid groups (broad SMARTS) is 1. The average Bonchev–Trinajstić information content (AvgIpc) is 2.14. The first-order valence-corrected chi connectivity index (χ1v) is 2.50. The molecule has 46 valence electrons. The van der Waals surface area contributed by atoms with Gasteiger partial charge in [-0.05, 0) is 12.1 Å². The monoisotopic (exact) mass is 124 g/mol. The Bertz CT molecular complexity index is 228. The van der Waals surface area contributed by atoms with Gasteiger partial charge in [0, 0.05) is 0 Å². The molecule has 0 radical (unpaired) electrons. The highest BCUT2D eigenvalue weighted by atomic mass is 16.4. The van der Waals surface area contributed by atoms with Crippen LogP contribution in [0.15, 0.2) is 16.5 Å². The SMILES string of the molecule is Bc1ccc(C(=O)O)o1. The van der Waals surface area contributed by atoms with E-state index in [0.717, 1.165) is 0 Å². The zero-order valence-electron chi connectivity index (χ0n) is 4.92. The maximum atomic E-state index is 10.1. The van der Waals surface area contributed by atoms with Crippen molar-refractivity contribution in [3.05, 3.63) is 17.9 Å². The van der Waals surface area contributed by atoms with Crippen molar-refractivity contribution in [2.45, 2.75) is 0 Å². The van der Waals surface area contributed by atoms with Gasteiger partial charge in [-0.3, -0.25) is 0 Å². The van der Waals surface area contributed by atoms with Crippen LogP contribution in [-0.4, -0.2) is 18.9 Å². The first-order valence-electron chi connectivity index (χ1n) is 2.50. The molecule has 1 aromatic rings. The molecule has 1 aromatic heterocycles. The highest BCUT2D eigenvalue weighted by Gasteiger charge is 2.04. The second-order valence-electron chi connectivity index (χ2n) is 1.72. The van der Waals surface area contributed by atoms with Crippen LogP contribution in [0.2, 0.25) is 0 Å². The van der Waals surface area contributed by atoms with Gasteiger partial charge in [0.15, 0.2) is 7.85 Å². The highest BCUT2D eigenvalue weighted by molar-refractivity contribution is 6.29. The summed E-state index contributed by atoms with van der Waals surface area (Å²) < 4.78 is 4.75. The van der Waals surface area contributed by atoms with Crippen LogP contribution in [0.1, 0.15) is 10.6 Å². The lowest BCUT2D eigenvalue weighted by Crippen LogP contribution is -1.97. The first-order chi connectivity index (χ1) is 4.20. The van der Waals surface area contributed by atoms with E-state index in [9.17, 15) is 4.79 Å². The van der Waals surface area contributed by atoms with Crippen LogP contribution < -0.4 is 5.66 Å². The van der Waals surface area contributed by atoms with Gasteiger partial charge in [-0.1, -0.05) is 0 Å². The fourth-order valence-electron chi connectivity index (χ4n) is 0.549. The van der Waals surface area contributed by atoms with Gasteiger partial charge in [-0.2, -0.15) is 0 Å². The molecule has 0 spiro atoms. The molecule has 4 heteroatoms. The molecule has 0 amide bonds. The minimum Gasteiger partial charge on any atom is -0.475 e. The number of hydrogen-bond donors (Lipinski definition) is 1. The molecule has 1 N–H and O–H groups in total. The first kappa shape index (κ1) is 5.94. The summed E-state index contributed by atoms with van der Waals surface area (Å²) in [5.74, 6) is -1.03.